The van der Waals surface area contributed by atoms with Gasteiger partial charge in [0.25, 0.3) is 0 Å². The molecule has 0 aliphatic rings. The first-order chi connectivity index (χ1) is 9.11. The van der Waals surface area contributed by atoms with Gasteiger partial charge in [0.15, 0.2) is 0 Å². The Balaban J connectivity index is 2.52. The number of hydrogen-bond acceptors (Lipinski definition) is 3. The van der Waals surface area contributed by atoms with Crippen LogP contribution in [0.15, 0.2) is 48.5 Å². The van der Waals surface area contributed by atoms with Gasteiger partial charge >= 0.3 is 0 Å². The zero-order chi connectivity index (χ0) is 13.8. The second-order valence-corrected chi connectivity index (χ2v) is 4.38. The number of carbonyl (C=O) groups is 1. The molecule has 2 rings (SSSR count). The normalized spacial score (nSPS) is 11.6. The van der Waals surface area contributed by atoms with Gasteiger partial charge in [-0.25, -0.2) is 0 Å². The molecule has 3 nitrogen and oxygen atoms in total. The third kappa shape index (κ3) is 2.80. The Morgan fingerprint density at radius 3 is 2.37 bits per heavy atom. The van der Waals surface area contributed by atoms with Crippen LogP contribution < -0.4 is 0 Å². The van der Waals surface area contributed by atoms with Gasteiger partial charge < -0.3 is 5.11 Å². The van der Waals surface area contributed by atoms with E-state index in [1.807, 2.05) is 6.07 Å². The largest absolute Gasteiger partial charge is 0.508 e. The molecular weight excluding hydrogens is 238 g/mol. The highest BCUT2D eigenvalue weighted by atomic mass is 16.3. The van der Waals surface area contributed by atoms with Gasteiger partial charge in [0.05, 0.1) is 17.6 Å². The van der Waals surface area contributed by atoms with Crippen molar-refractivity contribution in [3.63, 3.8) is 0 Å². The highest BCUT2D eigenvalue weighted by Crippen LogP contribution is 2.28. The summed E-state index contributed by atoms with van der Waals surface area (Å²) in [5.74, 6) is -0.360. The molecule has 19 heavy (non-hydrogen) atoms. The van der Waals surface area contributed by atoms with Crippen LogP contribution in [0.1, 0.15) is 29.5 Å². The van der Waals surface area contributed by atoms with E-state index in [4.69, 9.17) is 5.26 Å². The van der Waals surface area contributed by atoms with Gasteiger partial charge in [-0.2, -0.15) is 5.26 Å². The molecule has 0 aromatic heterocycles. The number of phenols is 1. The van der Waals surface area contributed by atoms with Gasteiger partial charge in [-0.3, -0.25) is 4.79 Å². The fourth-order valence-corrected chi connectivity index (χ4v) is 2.15. The molecule has 0 bridgehead atoms. The minimum Gasteiger partial charge on any atom is -0.508 e. The number of hydrogen-bond donors (Lipinski definition) is 1. The molecule has 94 valence electrons. The number of nitriles is 1. The lowest BCUT2D eigenvalue weighted by atomic mass is 9.87. The van der Waals surface area contributed by atoms with Gasteiger partial charge in [0.1, 0.15) is 11.5 Å². The number of carbonyl (C=O) groups excluding carboxylic acids is 1. The molecule has 2 aromatic rings. The zero-order valence-corrected chi connectivity index (χ0v) is 10.5. The fraction of sp³-hybridized carbons (Fsp3) is 0.125. The second kappa shape index (κ2) is 5.36. The third-order valence-electron chi connectivity index (χ3n) is 2.96. The number of phenolic OH excluding ortho intramolecular Hbond substituents is 1. The van der Waals surface area contributed by atoms with Gasteiger partial charge in [-0.15, -0.1) is 0 Å². The van der Waals surface area contributed by atoms with Crippen molar-refractivity contribution in [2.75, 3.05) is 0 Å². The maximum Gasteiger partial charge on any atom is 0.141 e. The molecule has 0 aliphatic heterocycles. The van der Waals surface area contributed by atoms with Gasteiger partial charge in [0.2, 0.25) is 0 Å². The Kier molecular flexibility index (Phi) is 3.63. The summed E-state index contributed by atoms with van der Waals surface area (Å²) >= 11 is 0. The van der Waals surface area contributed by atoms with Crippen LogP contribution in [0.25, 0.3) is 0 Å². The molecule has 1 N–H and O–H groups in total. The summed E-state index contributed by atoms with van der Waals surface area (Å²) in [6.07, 6.45) is 0. The van der Waals surface area contributed by atoms with Crippen molar-refractivity contribution >= 4 is 5.78 Å². The summed E-state index contributed by atoms with van der Waals surface area (Å²) in [7, 11) is 0. The average Bonchev–Trinajstić information content (AvgIpc) is 2.39. The van der Waals surface area contributed by atoms with Crippen LogP contribution in [0.3, 0.4) is 0 Å². The van der Waals surface area contributed by atoms with E-state index in [1.165, 1.54) is 6.92 Å². The summed E-state index contributed by atoms with van der Waals surface area (Å²) in [4.78, 5) is 11.9. The van der Waals surface area contributed by atoms with Crippen LogP contribution in [0, 0.1) is 11.3 Å². The molecule has 1 unspecified atom stereocenters. The predicted octanol–water partition coefficient (Wildman–Crippen LogP) is 2.98. The van der Waals surface area contributed by atoms with Crippen LogP contribution in [-0.2, 0) is 4.79 Å². The monoisotopic (exact) mass is 251 g/mol. The van der Waals surface area contributed by atoms with E-state index >= 15 is 0 Å². The van der Waals surface area contributed by atoms with Crippen LogP contribution in [-0.4, -0.2) is 10.9 Å². The molecule has 0 aliphatic carbocycles. The van der Waals surface area contributed by atoms with E-state index in [0.717, 1.165) is 11.1 Å². The third-order valence-corrected chi connectivity index (χ3v) is 2.96. The van der Waals surface area contributed by atoms with Crippen molar-refractivity contribution in [3.05, 3.63) is 65.2 Å². The number of benzene rings is 2. The van der Waals surface area contributed by atoms with Gasteiger partial charge in [-0.05, 0) is 42.3 Å². The number of rotatable bonds is 3. The molecule has 2 aromatic carbocycles. The Labute approximate surface area is 111 Å². The molecule has 0 radical (unpaired) electrons. The lowest BCUT2D eigenvalue weighted by molar-refractivity contribution is -0.117. The van der Waals surface area contributed by atoms with E-state index in [9.17, 15) is 9.90 Å². The van der Waals surface area contributed by atoms with Crippen LogP contribution >= 0.6 is 0 Å². The summed E-state index contributed by atoms with van der Waals surface area (Å²) in [6, 6.07) is 15.7. The first-order valence-electron chi connectivity index (χ1n) is 5.91. The van der Waals surface area contributed by atoms with Crippen LogP contribution in [0.5, 0.6) is 5.75 Å². The molecule has 0 amide bonds. The smallest absolute Gasteiger partial charge is 0.141 e. The number of ketones is 1. The van der Waals surface area contributed by atoms with Crippen LogP contribution in [0.4, 0.5) is 0 Å². The molecule has 0 saturated heterocycles. The van der Waals surface area contributed by atoms with Crippen molar-refractivity contribution in [3.8, 4) is 11.8 Å². The van der Waals surface area contributed by atoms with E-state index < -0.39 is 5.92 Å². The topological polar surface area (TPSA) is 61.1 Å². The van der Waals surface area contributed by atoms with Crippen molar-refractivity contribution < 1.29 is 9.90 Å². The van der Waals surface area contributed by atoms with Crippen molar-refractivity contribution in [2.45, 2.75) is 12.8 Å². The highest BCUT2D eigenvalue weighted by molar-refractivity contribution is 5.87. The lowest BCUT2D eigenvalue weighted by Gasteiger charge is -2.15. The van der Waals surface area contributed by atoms with E-state index in [-0.39, 0.29) is 11.5 Å². The minimum atomic E-state index is -0.458. The highest BCUT2D eigenvalue weighted by Gasteiger charge is 2.19. The van der Waals surface area contributed by atoms with Crippen LogP contribution in [0.2, 0.25) is 0 Å². The molecular formula is C16H13NO2. The fourth-order valence-electron chi connectivity index (χ4n) is 2.15. The van der Waals surface area contributed by atoms with Crippen molar-refractivity contribution in [1.29, 1.82) is 5.26 Å². The Bertz CT molecular complexity index is 656. The van der Waals surface area contributed by atoms with E-state index in [2.05, 4.69) is 6.07 Å². The number of aromatic hydroxyl groups is 1. The molecule has 1 atom stereocenters. The second-order valence-electron chi connectivity index (χ2n) is 4.38. The zero-order valence-electron chi connectivity index (χ0n) is 10.5. The molecule has 0 spiro atoms. The standard InChI is InChI=1S/C16H13NO2/c1-11(18)16(14-6-3-7-15(19)9-14)13-5-2-4-12(8-13)10-17/h2-9,16,19H,1H3. The van der Waals surface area contributed by atoms with Crippen molar-refractivity contribution in [2.24, 2.45) is 0 Å². The van der Waals surface area contributed by atoms with Crippen molar-refractivity contribution in [1.82, 2.24) is 0 Å². The summed E-state index contributed by atoms with van der Waals surface area (Å²) < 4.78 is 0. The molecule has 0 heterocycles. The summed E-state index contributed by atoms with van der Waals surface area (Å²) in [5.41, 5.74) is 2.00. The summed E-state index contributed by atoms with van der Waals surface area (Å²) in [6.45, 7) is 1.51. The summed E-state index contributed by atoms with van der Waals surface area (Å²) in [5, 5.41) is 18.4. The number of Topliss-reactive ketones (excluding diaryl/α,β-unsaturated/α-hetero) is 1. The van der Waals surface area contributed by atoms with Gasteiger partial charge in [-0.1, -0.05) is 24.3 Å². The average molecular weight is 251 g/mol. The minimum absolute atomic E-state index is 0.0271. The quantitative estimate of drug-likeness (QED) is 0.912. The molecule has 0 saturated carbocycles. The maximum absolute atomic E-state index is 11.9. The lowest BCUT2D eigenvalue weighted by Crippen LogP contribution is -2.10. The SMILES string of the molecule is CC(=O)C(c1cccc(O)c1)c1cccc(C#N)c1. The van der Waals surface area contributed by atoms with E-state index in [1.54, 1.807) is 42.5 Å². The number of nitrogens with zero attached hydrogens (tertiary/aromatic N) is 1. The predicted molar refractivity (Wildman–Crippen MR) is 71.8 cm³/mol. The van der Waals surface area contributed by atoms with E-state index in [0.29, 0.717) is 5.56 Å². The molecule has 3 heteroatoms. The first kappa shape index (κ1) is 12.8. The maximum atomic E-state index is 11.9. The first-order valence-corrected chi connectivity index (χ1v) is 5.91. The molecule has 0 fully saturated rings. The Hall–Kier alpha value is -2.60. The Morgan fingerprint density at radius 2 is 1.79 bits per heavy atom. The van der Waals surface area contributed by atoms with Gasteiger partial charge in [0, 0.05) is 0 Å². The Morgan fingerprint density at radius 1 is 1.16 bits per heavy atom.